The molecule has 3 nitrogen and oxygen atoms in total. The summed E-state index contributed by atoms with van der Waals surface area (Å²) in [5, 5.41) is 12.2. The third-order valence-electron chi connectivity index (χ3n) is 3.14. The molecule has 0 saturated heterocycles. The van der Waals surface area contributed by atoms with Crippen LogP contribution >= 0.6 is 15.9 Å². The largest absolute Gasteiger partial charge is 0.479 e. The lowest BCUT2D eigenvalue weighted by atomic mass is 9.91. The molecule has 0 heterocycles. The molecular formula is C15H12BrF2NO2. The van der Waals surface area contributed by atoms with Crippen LogP contribution in [0.3, 0.4) is 0 Å². The number of halogens is 3. The van der Waals surface area contributed by atoms with E-state index in [1.807, 2.05) is 0 Å². The molecule has 2 N–H and O–H groups in total. The van der Waals surface area contributed by atoms with Gasteiger partial charge in [-0.05, 0) is 37.3 Å². The fraction of sp³-hybridized carbons (Fsp3) is 0.133. The topological polar surface area (TPSA) is 49.3 Å². The molecule has 6 heteroatoms. The number of nitrogens with one attached hydrogen (secondary N) is 1. The average molecular weight is 356 g/mol. The van der Waals surface area contributed by atoms with E-state index >= 15 is 0 Å². The molecule has 0 aromatic heterocycles. The Hall–Kier alpha value is -1.95. The molecule has 1 unspecified atom stereocenters. The van der Waals surface area contributed by atoms with Gasteiger partial charge in [-0.3, -0.25) is 0 Å². The van der Waals surface area contributed by atoms with Crippen LogP contribution in [0.25, 0.3) is 0 Å². The number of rotatable bonds is 4. The van der Waals surface area contributed by atoms with Gasteiger partial charge in [-0.15, -0.1) is 0 Å². The fourth-order valence-corrected chi connectivity index (χ4v) is 2.22. The third kappa shape index (κ3) is 3.21. The van der Waals surface area contributed by atoms with Gasteiger partial charge < -0.3 is 10.4 Å². The highest BCUT2D eigenvalue weighted by Gasteiger charge is 2.37. The van der Waals surface area contributed by atoms with E-state index in [2.05, 4.69) is 21.2 Å². The molecule has 0 aliphatic rings. The van der Waals surface area contributed by atoms with E-state index in [0.29, 0.717) is 11.8 Å². The van der Waals surface area contributed by atoms with Gasteiger partial charge in [0, 0.05) is 21.8 Å². The maximum absolute atomic E-state index is 13.9. The number of carbonyl (C=O) groups is 1. The molecule has 0 aliphatic heterocycles. The van der Waals surface area contributed by atoms with Crippen LogP contribution in [0.1, 0.15) is 12.5 Å². The van der Waals surface area contributed by atoms with Gasteiger partial charge in [0.2, 0.25) is 0 Å². The second-order valence-corrected chi connectivity index (χ2v) is 5.60. The molecule has 0 radical (unpaired) electrons. The first-order chi connectivity index (χ1) is 9.83. The number of anilines is 1. The van der Waals surface area contributed by atoms with E-state index in [-0.39, 0.29) is 5.56 Å². The van der Waals surface area contributed by atoms with Crippen molar-refractivity contribution in [2.75, 3.05) is 5.32 Å². The Morgan fingerprint density at radius 2 is 1.81 bits per heavy atom. The minimum atomic E-state index is -1.72. The van der Waals surface area contributed by atoms with Gasteiger partial charge in [0.05, 0.1) is 0 Å². The molecule has 0 spiro atoms. The smallest absolute Gasteiger partial charge is 0.333 e. The maximum Gasteiger partial charge on any atom is 0.333 e. The van der Waals surface area contributed by atoms with Gasteiger partial charge in [-0.1, -0.05) is 22.0 Å². The van der Waals surface area contributed by atoms with Crippen molar-refractivity contribution in [2.45, 2.75) is 12.5 Å². The number of aliphatic carboxylic acids is 1. The van der Waals surface area contributed by atoms with Crippen molar-refractivity contribution in [1.29, 1.82) is 0 Å². The lowest BCUT2D eigenvalue weighted by Gasteiger charge is -2.28. The van der Waals surface area contributed by atoms with Gasteiger partial charge in [-0.25, -0.2) is 13.6 Å². The predicted molar refractivity (Wildman–Crippen MR) is 79.1 cm³/mol. The summed E-state index contributed by atoms with van der Waals surface area (Å²) in [6, 6.07) is 9.60. The van der Waals surface area contributed by atoms with Crippen molar-refractivity contribution in [1.82, 2.24) is 0 Å². The molecule has 0 amide bonds. The zero-order valence-electron chi connectivity index (χ0n) is 11.0. The van der Waals surface area contributed by atoms with Crippen molar-refractivity contribution in [2.24, 2.45) is 0 Å². The molecule has 0 bridgehead atoms. The van der Waals surface area contributed by atoms with Crippen LogP contribution in [0, 0.1) is 11.6 Å². The Labute approximate surface area is 128 Å². The van der Waals surface area contributed by atoms with Crippen molar-refractivity contribution >= 4 is 27.6 Å². The Balaban J connectivity index is 2.45. The summed E-state index contributed by atoms with van der Waals surface area (Å²) >= 11 is 3.27. The van der Waals surface area contributed by atoms with Gasteiger partial charge in [0.25, 0.3) is 0 Å². The molecular weight excluding hydrogens is 344 g/mol. The Morgan fingerprint density at radius 3 is 2.33 bits per heavy atom. The monoisotopic (exact) mass is 355 g/mol. The first-order valence-corrected chi connectivity index (χ1v) is 6.85. The van der Waals surface area contributed by atoms with Gasteiger partial charge in [0.1, 0.15) is 11.6 Å². The van der Waals surface area contributed by atoms with E-state index < -0.39 is 23.1 Å². The summed E-state index contributed by atoms with van der Waals surface area (Å²) in [5.74, 6) is -2.94. The van der Waals surface area contributed by atoms with E-state index in [1.54, 1.807) is 24.3 Å². The Kier molecular flexibility index (Phi) is 4.27. The van der Waals surface area contributed by atoms with Crippen LogP contribution in [0.2, 0.25) is 0 Å². The van der Waals surface area contributed by atoms with E-state index in [0.717, 1.165) is 16.6 Å². The van der Waals surface area contributed by atoms with Crippen molar-refractivity contribution in [3.63, 3.8) is 0 Å². The Bertz CT molecular complexity index is 676. The molecule has 0 fully saturated rings. The van der Waals surface area contributed by atoms with Crippen LogP contribution in [-0.2, 0) is 10.3 Å². The normalized spacial score (nSPS) is 13.5. The highest BCUT2D eigenvalue weighted by molar-refractivity contribution is 9.10. The van der Waals surface area contributed by atoms with Crippen molar-refractivity contribution < 1.29 is 18.7 Å². The summed E-state index contributed by atoms with van der Waals surface area (Å²) in [4.78, 5) is 11.6. The number of hydrogen-bond acceptors (Lipinski definition) is 2. The summed E-state index contributed by atoms with van der Waals surface area (Å²) in [7, 11) is 0. The minimum Gasteiger partial charge on any atom is -0.479 e. The molecule has 21 heavy (non-hydrogen) atoms. The second kappa shape index (κ2) is 5.81. The molecule has 0 saturated carbocycles. The molecule has 1 atom stereocenters. The van der Waals surface area contributed by atoms with Crippen LogP contribution in [0.15, 0.2) is 46.9 Å². The Morgan fingerprint density at radius 1 is 1.19 bits per heavy atom. The first kappa shape index (κ1) is 15.4. The number of benzene rings is 2. The number of hydrogen-bond donors (Lipinski definition) is 2. The summed E-state index contributed by atoms with van der Waals surface area (Å²) in [6.07, 6.45) is 0. The summed E-state index contributed by atoms with van der Waals surface area (Å²) in [5.41, 5.74) is -1.35. The lowest BCUT2D eigenvalue weighted by Crippen LogP contribution is -2.41. The van der Waals surface area contributed by atoms with Gasteiger partial charge >= 0.3 is 5.97 Å². The SMILES string of the molecule is CC(Nc1ccc(Br)cc1)(C(=O)O)c1ccc(F)cc1F. The maximum atomic E-state index is 13.9. The third-order valence-corrected chi connectivity index (χ3v) is 3.66. The fourth-order valence-electron chi connectivity index (χ4n) is 1.95. The van der Waals surface area contributed by atoms with E-state index in [4.69, 9.17) is 0 Å². The quantitative estimate of drug-likeness (QED) is 0.866. The molecule has 2 rings (SSSR count). The highest BCUT2D eigenvalue weighted by atomic mass is 79.9. The van der Waals surface area contributed by atoms with Crippen LogP contribution < -0.4 is 5.32 Å². The van der Waals surface area contributed by atoms with Crippen LogP contribution in [0.4, 0.5) is 14.5 Å². The molecule has 0 aliphatic carbocycles. The van der Waals surface area contributed by atoms with E-state index in [1.165, 1.54) is 6.92 Å². The van der Waals surface area contributed by atoms with Crippen LogP contribution in [-0.4, -0.2) is 11.1 Å². The average Bonchev–Trinajstić information content (AvgIpc) is 2.41. The molecule has 2 aromatic rings. The zero-order valence-corrected chi connectivity index (χ0v) is 12.6. The summed E-state index contributed by atoms with van der Waals surface area (Å²) in [6.45, 7) is 1.33. The minimum absolute atomic E-state index is 0.140. The van der Waals surface area contributed by atoms with Crippen LogP contribution in [0.5, 0.6) is 0 Å². The zero-order chi connectivity index (χ0) is 15.6. The highest BCUT2D eigenvalue weighted by Crippen LogP contribution is 2.29. The molecule has 110 valence electrons. The predicted octanol–water partition coefficient (Wildman–Crippen LogP) is 4.14. The lowest BCUT2D eigenvalue weighted by molar-refractivity contribution is -0.142. The van der Waals surface area contributed by atoms with Gasteiger partial charge in [-0.2, -0.15) is 0 Å². The second-order valence-electron chi connectivity index (χ2n) is 4.69. The molecule has 2 aromatic carbocycles. The first-order valence-electron chi connectivity index (χ1n) is 6.05. The standard InChI is InChI=1S/C15H12BrF2NO2/c1-15(14(20)21,12-7-4-10(17)8-13(12)18)19-11-5-2-9(16)3-6-11/h2-8,19H,1H3,(H,20,21). The number of carboxylic acid groups (broad SMARTS) is 1. The van der Waals surface area contributed by atoms with E-state index in [9.17, 15) is 18.7 Å². The summed E-state index contributed by atoms with van der Waals surface area (Å²) < 4.78 is 27.7. The number of carboxylic acids is 1. The van der Waals surface area contributed by atoms with Crippen molar-refractivity contribution in [3.05, 3.63) is 64.1 Å². The van der Waals surface area contributed by atoms with Crippen molar-refractivity contribution in [3.8, 4) is 0 Å². The van der Waals surface area contributed by atoms with Gasteiger partial charge in [0.15, 0.2) is 5.54 Å².